The topological polar surface area (TPSA) is 58.9 Å². The molecule has 1 aliphatic heterocycles. The molecule has 1 aliphatic rings. The molecule has 0 spiro atoms. The van der Waals surface area contributed by atoms with Crippen LogP contribution >= 0.6 is 0 Å². The van der Waals surface area contributed by atoms with Crippen molar-refractivity contribution < 1.29 is 0 Å². The molecule has 1 N–H and O–H groups in total. The maximum Gasteiger partial charge on any atom is 0.157 e. The van der Waals surface area contributed by atoms with Crippen molar-refractivity contribution >= 4 is 16.9 Å². The maximum atomic E-state index is 4.60. The Bertz CT molecular complexity index is 862. The summed E-state index contributed by atoms with van der Waals surface area (Å²) in [6, 6.07) is 6.47. The quantitative estimate of drug-likeness (QED) is 0.776. The third-order valence-corrected chi connectivity index (χ3v) is 4.82. The van der Waals surface area contributed by atoms with Gasteiger partial charge in [-0.05, 0) is 43.0 Å². The largest absolute Gasteiger partial charge is 0.357 e. The minimum atomic E-state index is 0.783. The number of fused-ring (bicyclic) bond motifs is 1. The predicted octanol–water partition coefficient (Wildman–Crippen LogP) is 2.56. The summed E-state index contributed by atoms with van der Waals surface area (Å²) in [5.41, 5.74) is 4.33. The van der Waals surface area contributed by atoms with Crippen molar-refractivity contribution in [2.45, 2.75) is 32.9 Å². The van der Waals surface area contributed by atoms with Crippen molar-refractivity contribution in [2.75, 3.05) is 18.0 Å². The number of nitrogens with zero attached hydrogens (tertiary/aromatic N) is 5. The number of hydrogen-bond acceptors (Lipinski definition) is 5. The van der Waals surface area contributed by atoms with E-state index in [1.165, 1.54) is 24.0 Å². The van der Waals surface area contributed by atoms with Crippen LogP contribution in [0.5, 0.6) is 0 Å². The summed E-state index contributed by atoms with van der Waals surface area (Å²) < 4.78 is 1.83. The smallest absolute Gasteiger partial charge is 0.157 e. The first-order chi connectivity index (χ1) is 12.2. The van der Waals surface area contributed by atoms with E-state index in [4.69, 9.17) is 0 Å². The van der Waals surface area contributed by atoms with Crippen LogP contribution in [0.2, 0.25) is 0 Å². The Kier molecular flexibility index (Phi) is 4.36. The molecule has 4 heterocycles. The fourth-order valence-corrected chi connectivity index (χ4v) is 3.45. The van der Waals surface area contributed by atoms with Gasteiger partial charge in [-0.15, -0.1) is 0 Å². The van der Waals surface area contributed by atoms with Crippen LogP contribution in [0.4, 0.5) is 5.82 Å². The minimum absolute atomic E-state index is 0.783. The van der Waals surface area contributed by atoms with Gasteiger partial charge in [-0.25, -0.2) is 9.97 Å². The van der Waals surface area contributed by atoms with Gasteiger partial charge in [0.05, 0.1) is 5.69 Å². The van der Waals surface area contributed by atoms with Crippen LogP contribution in [0.1, 0.15) is 29.7 Å². The van der Waals surface area contributed by atoms with E-state index in [0.29, 0.717) is 0 Å². The number of aromatic nitrogens is 4. The molecule has 0 amide bonds. The highest BCUT2D eigenvalue weighted by molar-refractivity contribution is 5.78. The second kappa shape index (κ2) is 6.80. The van der Waals surface area contributed by atoms with Gasteiger partial charge in [0.1, 0.15) is 5.82 Å². The van der Waals surface area contributed by atoms with E-state index in [9.17, 15) is 0 Å². The number of nitrogens with one attached hydrogen (secondary N) is 1. The molecule has 0 bridgehead atoms. The van der Waals surface area contributed by atoms with E-state index in [-0.39, 0.29) is 0 Å². The predicted molar refractivity (Wildman–Crippen MR) is 99.5 cm³/mol. The molecule has 6 nitrogen and oxygen atoms in total. The summed E-state index contributed by atoms with van der Waals surface area (Å²) in [5, 5.41) is 9.02. The molecule has 0 atom stereocenters. The lowest BCUT2D eigenvalue weighted by Gasteiger charge is -2.16. The zero-order valence-corrected chi connectivity index (χ0v) is 14.9. The molecule has 0 saturated carbocycles. The third kappa shape index (κ3) is 3.35. The van der Waals surface area contributed by atoms with Gasteiger partial charge in [0.2, 0.25) is 0 Å². The standard InChI is InChI=1S/C19H24N6/c1-14-17-9-16(13-22-19(17)24(2)23-14)11-20-10-15-5-6-18(21-12-15)25-7-3-4-8-25/h5-6,9,12-13,20H,3-4,7-8,10-11H2,1-2H3. The first-order valence-corrected chi connectivity index (χ1v) is 8.89. The van der Waals surface area contributed by atoms with Crippen molar-refractivity contribution in [1.29, 1.82) is 0 Å². The van der Waals surface area contributed by atoms with Gasteiger partial charge in [-0.1, -0.05) is 6.07 Å². The normalized spacial score (nSPS) is 14.6. The van der Waals surface area contributed by atoms with E-state index in [1.54, 1.807) is 0 Å². The molecular formula is C19H24N6. The van der Waals surface area contributed by atoms with Crippen molar-refractivity contribution in [3.8, 4) is 0 Å². The summed E-state index contributed by atoms with van der Waals surface area (Å²) >= 11 is 0. The van der Waals surface area contributed by atoms with Gasteiger partial charge in [-0.2, -0.15) is 5.10 Å². The SMILES string of the molecule is Cc1nn(C)c2ncc(CNCc3ccc(N4CCCC4)nc3)cc12. The van der Waals surface area contributed by atoms with Gasteiger partial charge in [-0.3, -0.25) is 4.68 Å². The maximum absolute atomic E-state index is 4.60. The molecule has 0 aliphatic carbocycles. The van der Waals surface area contributed by atoms with Crippen molar-refractivity contribution in [3.05, 3.63) is 47.4 Å². The van der Waals surface area contributed by atoms with Gasteiger partial charge in [0.25, 0.3) is 0 Å². The van der Waals surface area contributed by atoms with Crippen LogP contribution in [-0.2, 0) is 20.1 Å². The first-order valence-electron chi connectivity index (χ1n) is 8.89. The average Bonchev–Trinajstić information content (AvgIpc) is 3.25. The molecule has 25 heavy (non-hydrogen) atoms. The molecule has 130 valence electrons. The molecule has 4 rings (SSSR count). The van der Waals surface area contributed by atoms with E-state index in [0.717, 1.165) is 48.7 Å². The third-order valence-electron chi connectivity index (χ3n) is 4.82. The zero-order valence-electron chi connectivity index (χ0n) is 14.9. The molecule has 0 aromatic carbocycles. The Morgan fingerprint density at radius 2 is 1.80 bits per heavy atom. The molecule has 0 radical (unpaired) electrons. The molecule has 6 heteroatoms. The fraction of sp³-hybridized carbons (Fsp3) is 0.421. The lowest BCUT2D eigenvalue weighted by Crippen LogP contribution is -2.19. The number of pyridine rings is 2. The van der Waals surface area contributed by atoms with Crippen molar-refractivity contribution in [3.63, 3.8) is 0 Å². The van der Waals surface area contributed by atoms with Crippen LogP contribution in [-0.4, -0.2) is 32.8 Å². The summed E-state index contributed by atoms with van der Waals surface area (Å²) in [5.74, 6) is 1.10. The molecular weight excluding hydrogens is 312 g/mol. The van der Waals surface area contributed by atoms with Gasteiger partial charge in [0.15, 0.2) is 5.65 Å². The van der Waals surface area contributed by atoms with Crippen LogP contribution < -0.4 is 10.2 Å². The fourth-order valence-electron chi connectivity index (χ4n) is 3.45. The van der Waals surface area contributed by atoms with E-state index >= 15 is 0 Å². The van der Waals surface area contributed by atoms with Crippen LogP contribution in [0.15, 0.2) is 30.6 Å². The lowest BCUT2D eigenvalue weighted by atomic mass is 10.2. The Morgan fingerprint density at radius 1 is 1.04 bits per heavy atom. The second-order valence-corrected chi connectivity index (χ2v) is 6.75. The summed E-state index contributed by atoms with van der Waals surface area (Å²) in [6.07, 6.45) is 6.46. The second-order valence-electron chi connectivity index (χ2n) is 6.75. The molecule has 3 aromatic rings. The van der Waals surface area contributed by atoms with Gasteiger partial charge < -0.3 is 10.2 Å². The van der Waals surface area contributed by atoms with E-state index < -0.39 is 0 Å². The molecule has 3 aromatic heterocycles. The summed E-state index contributed by atoms with van der Waals surface area (Å²) in [4.78, 5) is 11.5. The molecule has 0 unspecified atom stereocenters. The summed E-state index contributed by atoms with van der Waals surface area (Å²) in [7, 11) is 1.93. The first kappa shape index (κ1) is 16.0. The highest BCUT2D eigenvalue weighted by atomic mass is 15.3. The van der Waals surface area contributed by atoms with Gasteiger partial charge in [0, 0.05) is 51.0 Å². The molecule has 1 fully saturated rings. The molecule has 1 saturated heterocycles. The van der Waals surface area contributed by atoms with Crippen LogP contribution in [0.25, 0.3) is 11.0 Å². The number of anilines is 1. The monoisotopic (exact) mass is 336 g/mol. The number of aryl methyl sites for hydroxylation is 2. The average molecular weight is 336 g/mol. The van der Waals surface area contributed by atoms with Crippen molar-refractivity contribution in [2.24, 2.45) is 7.05 Å². The lowest BCUT2D eigenvalue weighted by molar-refractivity contribution is 0.689. The van der Waals surface area contributed by atoms with Gasteiger partial charge >= 0.3 is 0 Å². The number of rotatable bonds is 5. The Morgan fingerprint density at radius 3 is 2.56 bits per heavy atom. The van der Waals surface area contributed by atoms with E-state index in [2.05, 4.69) is 43.5 Å². The minimum Gasteiger partial charge on any atom is -0.357 e. The van der Waals surface area contributed by atoms with Crippen LogP contribution in [0, 0.1) is 6.92 Å². The van der Waals surface area contributed by atoms with E-state index in [1.807, 2.05) is 31.0 Å². The Labute approximate surface area is 147 Å². The number of hydrogen-bond donors (Lipinski definition) is 1. The Hall–Kier alpha value is -2.47. The Balaban J connectivity index is 1.36. The zero-order chi connectivity index (χ0) is 17.2. The highest BCUT2D eigenvalue weighted by Gasteiger charge is 2.13. The highest BCUT2D eigenvalue weighted by Crippen LogP contribution is 2.18. The summed E-state index contributed by atoms with van der Waals surface area (Å²) in [6.45, 7) is 5.87. The van der Waals surface area contributed by atoms with Crippen LogP contribution in [0.3, 0.4) is 0 Å². The van der Waals surface area contributed by atoms with Crippen molar-refractivity contribution in [1.82, 2.24) is 25.1 Å².